The molecule has 1 saturated heterocycles. The second-order valence-electron chi connectivity index (χ2n) is 8.41. The highest BCUT2D eigenvalue weighted by Crippen LogP contribution is 2.30. The quantitative estimate of drug-likeness (QED) is 0.627. The smallest absolute Gasteiger partial charge is 0.220 e. The van der Waals surface area contributed by atoms with E-state index in [4.69, 9.17) is 4.37 Å². The number of benzene rings is 2. The molecule has 1 amide bonds. The van der Waals surface area contributed by atoms with Crippen molar-refractivity contribution < 1.29 is 4.79 Å². The van der Waals surface area contributed by atoms with E-state index in [1.807, 2.05) is 4.90 Å². The lowest BCUT2D eigenvalue weighted by Crippen LogP contribution is -2.46. The molecule has 0 N–H and O–H groups in total. The van der Waals surface area contributed by atoms with Crippen LogP contribution in [0.4, 0.5) is 5.82 Å². The molecule has 0 unspecified atom stereocenters. The SMILES string of the molecule is CC(=O)N1Cc2ccc(CCCN3CCN(c4nsc5ccccc45)CC3)cc2C1. The van der Waals surface area contributed by atoms with Gasteiger partial charge in [-0.3, -0.25) is 9.69 Å². The summed E-state index contributed by atoms with van der Waals surface area (Å²) in [6.45, 7) is 8.63. The number of anilines is 1. The van der Waals surface area contributed by atoms with Crippen LogP contribution in [0.3, 0.4) is 0 Å². The van der Waals surface area contributed by atoms with Gasteiger partial charge in [-0.05, 0) is 59.7 Å². The first kappa shape index (κ1) is 19.5. The molecule has 1 aromatic heterocycles. The number of fused-ring (bicyclic) bond motifs is 2. The summed E-state index contributed by atoms with van der Waals surface area (Å²) < 4.78 is 5.99. The van der Waals surface area contributed by atoms with E-state index in [1.54, 1.807) is 18.5 Å². The van der Waals surface area contributed by atoms with Crippen molar-refractivity contribution in [2.24, 2.45) is 0 Å². The molecule has 0 radical (unpaired) electrons. The number of piperazine rings is 1. The first-order valence-electron chi connectivity index (χ1n) is 10.9. The Hall–Kier alpha value is -2.44. The van der Waals surface area contributed by atoms with Gasteiger partial charge in [0, 0.05) is 51.6 Å². The summed E-state index contributed by atoms with van der Waals surface area (Å²) in [5.41, 5.74) is 4.03. The number of amides is 1. The molecule has 3 aromatic rings. The van der Waals surface area contributed by atoms with Crippen molar-refractivity contribution in [1.82, 2.24) is 14.2 Å². The Morgan fingerprint density at radius 2 is 1.83 bits per heavy atom. The van der Waals surface area contributed by atoms with Gasteiger partial charge < -0.3 is 9.80 Å². The molecule has 5 nitrogen and oxygen atoms in total. The molecule has 2 aliphatic rings. The Kier molecular flexibility index (Phi) is 5.44. The van der Waals surface area contributed by atoms with E-state index < -0.39 is 0 Å². The summed E-state index contributed by atoms with van der Waals surface area (Å²) in [5.74, 6) is 1.32. The molecule has 1 fully saturated rings. The van der Waals surface area contributed by atoms with E-state index in [1.165, 1.54) is 33.2 Å². The van der Waals surface area contributed by atoms with Crippen LogP contribution in [-0.4, -0.2) is 52.8 Å². The highest BCUT2D eigenvalue weighted by Gasteiger charge is 2.22. The summed E-state index contributed by atoms with van der Waals surface area (Å²) in [7, 11) is 0. The summed E-state index contributed by atoms with van der Waals surface area (Å²) in [6.07, 6.45) is 2.28. The van der Waals surface area contributed by atoms with Crippen molar-refractivity contribution in [3.8, 4) is 0 Å². The minimum absolute atomic E-state index is 0.164. The van der Waals surface area contributed by atoms with Gasteiger partial charge in [-0.25, -0.2) is 0 Å². The van der Waals surface area contributed by atoms with Crippen LogP contribution < -0.4 is 4.90 Å². The standard InChI is InChI=1S/C24H28N4OS/c1-18(29)28-16-20-9-8-19(15-21(20)17-28)5-4-10-26-11-13-27(14-12-26)24-22-6-2-3-7-23(22)30-25-24/h2-3,6-9,15H,4-5,10-14,16-17H2,1H3. The van der Waals surface area contributed by atoms with Crippen LogP contribution in [0.5, 0.6) is 0 Å². The number of hydrogen-bond donors (Lipinski definition) is 0. The van der Waals surface area contributed by atoms with E-state index in [9.17, 15) is 4.79 Å². The minimum atomic E-state index is 0.164. The average molecular weight is 421 g/mol. The van der Waals surface area contributed by atoms with Gasteiger partial charge in [-0.1, -0.05) is 30.3 Å². The Morgan fingerprint density at radius 1 is 1.03 bits per heavy atom. The van der Waals surface area contributed by atoms with Gasteiger partial charge in [0.25, 0.3) is 0 Å². The molecule has 6 heteroatoms. The third kappa shape index (κ3) is 3.94. The molecule has 0 atom stereocenters. The summed E-state index contributed by atoms with van der Waals surface area (Å²) >= 11 is 1.60. The Bertz CT molecular complexity index is 1050. The predicted molar refractivity (Wildman–Crippen MR) is 123 cm³/mol. The lowest BCUT2D eigenvalue weighted by atomic mass is 10.0. The van der Waals surface area contributed by atoms with Crippen molar-refractivity contribution in [3.05, 3.63) is 59.2 Å². The number of carbonyl (C=O) groups excluding carboxylic acids is 1. The lowest BCUT2D eigenvalue weighted by Gasteiger charge is -2.35. The number of aromatic nitrogens is 1. The van der Waals surface area contributed by atoms with E-state index in [0.29, 0.717) is 0 Å². The van der Waals surface area contributed by atoms with Crippen LogP contribution in [0, 0.1) is 0 Å². The second kappa shape index (κ2) is 8.36. The number of carbonyl (C=O) groups is 1. The van der Waals surface area contributed by atoms with Crippen LogP contribution in [-0.2, 0) is 24.3 Å². The summed E-state index contributed by atoms with van der Waals surface area (Å²) in [4.78, 5) is 18.6. The number of rotatable bonds is 5. The van der Waals surface area contributed by atoms with Gasteiger partial charge in [-0.2, -0.15) is 4.37 Å². The topological polar surface area (TPSA) is 39.7 Å². The molecular formula is C24H28N4OS. The third-order valence-corrected chi connectivity index (χ3v) is 7.23. The summed E-state index contributed by atoms with van der Waals surface area (Å²) in [6, 6.07) is 15.3. The minimum Gasteiger partial charge on any atom is -0.353 e. The van der Waals surface area contributed by atoms with Gasteiger partial charge in [0.15, 0.2) is 0 Å². The Morgan fingerprint density at radius 3 is 2.67 bits per heavy atom. The van der Waals surface area contributed by atoms with Gasteiger partial charge in [0.1, 0.15) is 5.82 Å². The fraction of sp³-hybridized carbons (Fsp3) is 0.417. The molecule has 30 heavy (non-hydrogen) atoms. The van der Waals surface area contributed by atoms with Crippen molar-refractivity contribution >= 4 is 33.3 Å². The Balaban J connectivity index is 1.11. The maximum Gasteiger partial charge on any atom is 0.220 e. The normalized spacial score (nSPS) is 17.0. The van der Waals surface area contributed by atoms with Crippen LogP contribution in [0.2, 0.25) is 0 Å². The number of nitrogens with zero attached hydrogens (tertiary/aromatic N) is 4. The zero-order valence-electron chi connectivity index (χ0n) is 17.5. The van der Waals surface area contributed by atoms with Crippen molar-refractivity contribution in [2.75, 3.05) is 37.6 Å². The Labute approximate surface area is 182 Å². The summed E-state index contributed by atoms with van der Waals surface area (Å²) in [5, 5.41) is 1.29. The molecule has 0 bridgehead atoms. The molecule has 156 valence electrons. The van der Waals surface area contributed by atoms with Gasteiger partial charge in [0.2, 0.25) is 5.91 Å². The van der Waals surface area contributed by atoms with Gasteiger partial charge >= 0.3 is 0 Å². The van der Waals surface area contributed by atoms with Crippen molar-refractivity contribution in [3.63, 3.8) is 0 Å². The molecule has 0 spiro atoms. The lowest BCUT2D eigenvalue weighted by molar-refractivity contribution is -0.129. The predicted octanol–water partition coefficient (Wildman–Crippen LogP) is 3.91. The monoisotopic (exact) mass is 420 g/mol. The highest BCUT2D eigenvalue weighted by molar-refractivity contribution is 7.13. The van der Waals surface area contributed by atoms with Crippen LogP contribution in [0.1, 0.15) is 30.0 Å². The van der Waals surface area contributed by atoms with E-state index in [-0.39, 0.29) is 5.91 Å². The fourth-order valence-electron chi connectivity index (χ4n) is 4.62. The third-order valence-electron chi connectivity index (χ3n) is 6.41. The van der Waals surface area contributed by atoms with E-state index >= 15 is 0 Å². The van der Waals surface area contributed by atoms with Gasteiger partial charge in [0.05, 0.1) is 4.70 Å². The maximum absolute atomic E-state index is 11.6. The van der Waals surface area contributed by atoms with Crippen molar-refractivity contribution in [2.45, 2.75) is 32.9 Å². The zero-order valence-corrected chi connectivity index (χ0v) is 18.3. The maximum atomic E-state index is 11.6. The highest BCUT2D eigenvalue weighted by atomic mass is 32.1. The van der Waals surface area contributed by atoms with Crippen LogP contribution >= 0.6 is 11.5 Å². The van der Waals surface area contributed by atoms with Crippen LogP contribution in [0.15, 0.2) is 42.5 Å². The molecule has 5 rings (SSSR count). The molecule has 0 saturated carbocycles. The second-order valence-corrected chi connectivity index (χ2v) is 9.22. The molecule has 2 aromatic carbocycles. The van der Waals surface area contributed by atoms with Gasteiger partial charge in [-0.15, -0.1) is 0 Å². The zero-order chi connectivity index (χ0) is 20.5. The van der Waals surface area contributed by atoms with E-state index in [2.05, 4.69) is 52.3 Å². The number of hydrogen-bond acceptors (Lipinski definition) is 5. The molecular weight excluding hydrogens is 392 g/mol. The first-order chi connectivity index (χ1) is 14.7. The molecule has 2 aliphatic heterocycles. The number of aryl methyl sites for hydroxylation is 1. The fourth-order valence-corrected chi connectivity index (χ4v) is 5.41. The molecule has 0 aliphatic carbocycles. The van der Waals surface area contributed by atoms with Crippen LogP contribution in [0.25, 0.3) is 10.1 Å². The van der Waals surface area contributed by atoms with E-state index in [0.717, 1.165) is 58.1 Å². The largest absolute Gasteiger partial charge is 0.353 e. The van der Waals surface area contributed by atoms with Crippen molar-refractivity contribution in [1.29, 1.82) is 0 Å². The average Bonchev–Trinajstić information content (AvgIpc) is 3.38. The first-order valence-corrected chi connectivity index (χ1v) is 11.6. The molecule has 3 heterocycles.